The van der Waals surface area contributed by atoms with Gasteiger partial charge in [0, 0.05) is 21.9 Å². The maximum absolute atomic E-state index is 13.9. The topological polar surface area (TPSA) is 44.8 Å². The Balaban J connectivity index is 1.44. The lowest BCUT2D eigenvalue weighted by Crippen LogP contribution is -2.07. The van der Waals surface area contributed by atoms with Gasteiger partial charge in [0.1, 0.15) is 24.9 Å². The van der Waals surface area contributed by atoms with Crippen LogP contribution < -0.4 is 13.6 Å². The summed E-state index contributed by atoms with van der Waals surface area (Å²) in [5.41, 5.74) is 3.76. The van der Waals surface area contributed by atoms with Gasteiger partial charge in [0.05, 0.1) is 0 Å². The third-order valence-corrected chi connectivity index (χ3v) is 11.4. The Hall–Kier alpha value is -2.17. The minimum Gasteiger partial charge on any atom is -0.386 e. The molecular formula is C24H15O4PS6. The number of benzene rings is 3. The summed E-state index contributed by atoms with van der Waals surface area (Å²) in [5, 5.41) is 4.01. The predicted octanol–water partition coefficient (Wildman–Crippen LogP) is 10.4. The van der Waals surface area contributed by atoms with Crippen LogP contribution in [-0.4, -0.2) is 0 Å². The summed E-state index contributed by atoms with van der Waals surface area (Å²) >= 11 is 10.8. The number of phosphoric ester groups is 1. The van der Waals surface area contributed by atoms with Crippen molar-refractivity contribution >= 4 is 73.6 Å². The van der Waals surface area contributed by atoms with Gasteiger partial charge in [-0.05, 0) is 47.5 Å². The number of hydrogen-bond donors (Lipinski definition) is 0. The lowest BCUT2D eigenvalue weighted by Gasteiger charge is -2.20. The Morgan fingerprint density at radius 3 is 1.74 bits per heavy atom. The van der Waals surface area contributed by atoms with Crippen molar-refractivity contribution < 1.29 is 18.1 Å². The Morgan fingerprint density at radius 2 is 1.14 bits per heavy atom. The second-order valence-electron chi connectivity index (χ2n) is 7.08. The van der Waals surface area contributed by atoms with E-state index < -0.39 is 7.82 Å². The first-order valence-electron chi connectivity index (χ1n) is 10.1. The van der Waals surface area contributed by atoms with Gasteiger partial charge in [0.25, 0.3) is 0 Å². The molecule has 0 bridgehead atoms. The van der Waals surface area contributed by atoms with Crippen LogP contribution in [0.15, 0.2) is 89.6 Å². The van der Waals surface area contributed by atoms with Crippen molar-refractivity contribution in [3.8, 4) is 39.5 Å². The molecule has 0 saturated carbocycles. The number of rotatable bonds is 8. The van der Waals surface area contributed by atoms with E-state index in [1.807, 2.05) is 41.1 Å². The van der Waals surface area contributed by atoms with Crippen molar-refractivity contribution in [2.75, 3.05) is 0 Å². The first kappa shape index (κ1) is 24.5. The average Bonchev–Trinajstić information content (AvgIpc) is 3.48. The molecule has 1 unspecified atom stereocenters. The number of para-hydroxylation sites is 1. The van der Waals surface area contributed by atoms with Crippen molar-refractivity contribution in [1.29, 1.82) is 0 Å². The van der Waals surface area contributed by atoms with E-state index in [0.717, 1.165) is 29.9 Å². The van der Waals surface area contributed by atoms with Gasteiger partial charge >= 0.3 is 7.82 Å². The van der Waals surface area contributed by atoms with Crippen molar-refractivity contribution in [2.24, 2.45) is 0 Å². The van der Waals surface area contributed by atoms with Crippen molar-refractivity contribution in [3.63, 3.8) is 0 Å². The molecule has 4 nitrogen and oxygen atoms in total. The molecule has 176 valence electrons. The first-order valence-corrected chi connectivity index (χ1v) is 16.8. The molecule has 0 radical (unpaired) electrons. The van der Waals surface area contributed by atoms with Gasteiger partial charge in [0.2, 0.25) is 0 Å². The van der Waals surface area contributed by atoms with E-state index in [1.54, 1.807) is 79.6 Å². The average molecular weight is 591 g/mol. The van der Waals surface area contributed by atoms with E-state index in [2.05, 4.69) is 0 Å². The SMILES string of the molecule is O=P(Oc1ccccc1)(Oc1ccc(-c2cssc2=S)cc1)Oc1cccc(-c2cssc2=S)c1. The first-order chi connectivity index (χ1) is 17.0. The summed E-state index contributed by atoms with van der Waals surface area (Å²) in [5.74, 6) is 1.06. The molecule has 0 amide bonds. The summed E-state index contributed by atoms with van der Waals surface area (Å²) in [6, 6.07) is 23.2. The highest BCUT2D eigenvalue weighted by Crippen LogP contribution is 2.50. The highest BCUT2D eigenvalue weighted by molar-refractivity contribution is 7.80. The summed E-state index contributed by atoms with van der Waals surface area (Å²) in [4.78, 5) is 0. The molecule has 1 atom stereocenters. The molecule has 2 heterocycles. The fraction of sp³-hybridized carbons (Fsp3) is 0. The van der Waals surface area contributed by atoms with Gasteiger partial charge in [-0.1, -0.05) is 108 Å². The van der Waals surface area contributed by atoms with E-state index in [0.29, 0.717) is 17.2 Å². The van der Waals surface area contributed by atoms with Crippen molar-refractivity contribution in [1.82, 2.24) is 0 Å². The molecule has 2 aromatic heterocycles. The monoisotopic (exact) mass is 590 g/mol. The molecule has 35 heavy (non-hydrogen) atoms. The van der Waals surface area contributed by atoms with Crippen LogP contribution in [0, 0.1) is 7.65 Å². The zero-order chi connectivity index (χ0) is 24.3. The zero-order valence-electron chi connectivity index (χ0n) is 17.7. The molecular weight excluding hydrogens is 576 g/mol. The van der Waals surface area contributed by atoms with Gasteiger partial charge in [-0.25, -0.2) is 0 Å². The van der Waals surface area contributed by atoms with Crippen LogP contribution in [0.4, 0.5) is 0 Å². The minimum atomic E-state index is -4.12. The Bertz CT molecular complexity index is 1600. The fourth-order valence-corrected chi connectivity index (χ4v) is 9.17. The molecule has 5 aromatic rings. The third-order valence-electron chi connectivity index (χ3n) is 4.72. The van der Waals surface area contributed by atoms with Crippen LogP contribution >= 0.6 is 73.6 Å². The number of phosphoric acid groups is 1. The smallest absolute Gasteiger partial charge is 0.386 e. The maximum Gasteiger partial charge on any atom is 0.647 e. The highest BCUT2D eigenvalue weighted by atomic mass is 32.9. The second kappa shape index (κ2) is 10.8. The summed E-state index contributed by atoms with van der Waals surface area (Å²) in [6.07, 6.45) is 0. The van der Waals surface area contributed by atoms with E-state index in [-0.39, 0.29) is 0 Å². The molecule has 3 aromatic carbocycles. The minimum absolute atomic E-state index is 0.347. The lowest BCUT2D eigenvalue weighted by atomic mass is 10.1. The van der Waals surface area contributed by atoms with Crippen molar-refractivity contribution in [3.05, 3.63) is 97.3 Å². The molecule has 0 aliphatic carbocycles. The van der Waals surface area contributed by atoms with E-state index in [4.69, 9.17) is 38.0 Å². The normalized spacial score (nSPS) is 12.6. The predicted molar refractivity (Wildman–Crippen MR) is 153 cm³/mol. The Kier molecular flexibility index (Phi) is 7.59. The maximum atomic E-state index is 13.9. The van der Waals surface area contributed by atoms with Crippen LogP contribution in [0.3, 0.4) is 0 Å². The molecule has 0 aliphatic rings. The molecule has 0 saturated heterocycles. The summed E-state index contributed by atoms with van der Waals surface area (Å²) in [6.45, 7) is 0. The molecule has 0 spiro atoms. The molecule has 11 heteroatoms. The molecule has 0 fully saturated rings. The zero-order valence-corrected chi connectivity index (χ0v) is 23.5. The van der Waals surface area contributed by atoms with E-state index in [9.17, 15) is 4.57 Å². The van der Waals surface area contributed by atoms with E-state index >= 15 is 0 Å². The number of hydrogen-bond acceptors (Lipinski definition) is 10. The second-order valence-corrected chi connectivity index (χ2v) is 14.0. The Labute approximate surface area is 227 Å². The summed E-state index contributed by atoms with van der Waals surface area (Å²) in [7, 11) is 2.13. The fourth-order valence-electron chi connectivity index (χ4n) is 3.13. The standard InChI is InChI=1S/C24H15O4PS6/c25-29(26-18-6-2-1-3-7-18,27-19-11-9-16(10-12-19)21-14-32-34-23(21)30)28-20-8-4-5-17(13-20)22-15-33-35-24(22)31/h1-15H. The molecule has 0 N–H and O–H groups in total. The molecule has 5 rings (SSSR count). The van der Waals surface area contributed by atoms with Crippen molar-refractivity contribution in [2.45, 2.75) is 0 Å². The van der Waals surface area contributed by atoms with Gasteiger partial charge in [-0.15, -0.1) is 0 Å². The van der Waals surface area contributed by atoms with Crippen LogP contribution in [0.2, 0.25) is 0 Å². The van der Waals surface area contributed by atoms with Gasteiger partial charge in [-0.2, -0.15) is 4.57 Å². The lowest BCUT2D eigenvalue weighted by molar-refractivity contribution is 0.298. The van der Waals surface area contributed by atoms with Gasteiger partial charge < -0.3 is 13.6 Å². The van der Waals surface area contributed by atoms with E-state index in [1.165, 1.54) is 10.3 Å². The quantitative estimate of drug-likeness (QED) is 0.102. The summed E-state index contributed by atoms with van der Waals surface area (Å²) < 4.78 is 33.0. The largest absolute Gasteiger partial charge is 0.647 e. The highest BCUT2D eigenvalue weighted by Gasteiger charge is 2.33. The van der Waals surface area contributed by atoms with Crippen LogP contribution in [-0.2, 0) is 4.57 Å². The van der Waals surface area contributed by atoms with Crippen LogP contribution in [0.25, 0.3) is 22.3 Å². The van der Waals surface area contributed by atoms with Gasteiger partial charge in [0.15, 0.2) is 0 Å². The van der Waals surface area contributed by atoms with Gasteiger partial charge in [-0.3, -0.25) is 0 Å². The molecule has 0 aliphatic heterocycles. The Morgan fingerprint density at radius 1 is 0.600 bits per heavy atom. The van der Waals surface area contributed by atoms with Crippen LogP contribution in [0.5, 0.6) is 17.2 Å². The van der Waals surface area contributed by atoms with Crippen LogP contribution in [0.1, 0.15) is 0 Å². The third kappa shape index (κ3) is 5.98.